The number of benzene rings is 1. The van der Waals surface area contributed by atoms with Crippen molar-refractivity contribution >= 4 is 5.91 Å². The van der Waals surface area contributed by atoms with Crippen LogP contribution in [0, 0.1) is 11.8 Å². The molecular formula is C17H14F3N3O3. The van der Waals surface area contributed by atoms with Gasteiger partial charge in [-0.3, -0.25) is 14.6 Å². The van der Waals surface area contributed by atoms with Crippen LogP contribution in [0.5, 0.6) is 0 Å². The summed E-state index contributed by atoms with van der Waals surface area (Å²) in [6.45, 7) is 0.0259. The Morgan fingerprint density at radius 2 is 2.00 bits per heavy atom. The number of nitrogens with zero attached hydrogens (tertiary/aromatic N) is 1. The molecule has 1 amide bonds. The predicted molar refractivity (Wildman–Crippen MR) is 87.3 cm³/mol. The van der Waals surface area contributed by atoms with Gasteiger partial charge in [0.25, 0.3) is 5.56 Å². The van der Waals surface area contributed by atoms with Crippen LogP contribution in [0.1, 0.15) is 17.5 Å². The van der Waals surface area contributed by atoms with E-state index in [2.05, 4.69) is 22.1 Å². The standard InChI is InChI=1S/C17H14F3N3O3/c18-17(19,20)13-5-1-3-12(11-13)4-2-8-21-14(24)6-9-23-10-7-15(25)22-16(23)26/h1,3,5,7,10-11H,6,8-9H2,(H,21,24)(H,22,25,26). The van der Waals surface area contributed by atoms with Crippen molar-refractivity contribution in [2.45, 2.75) is 19.1 Å². The third-order valence-corrected chi connectivity index (χ3v) is 3.27. The van der Waals surface area contributed by atoms with Gasteiger partial charge in [0, 0.05) is 30.8 Å². The summed E-state index contributed by atoms with van der Waals surface area (Å²) >= 11 is 0. The highest BCUT2D eigenvalue weighted by atomic mass is 19.4. The molecule has 136 valence electrons. The number of amides is 1. The highest BCUT2D eigenvalue weighted by Crippen LogP contribution is 2.29. The van der Waals surface area contributed by atoms with Crippen molar-refractivity contribution in [3.05, 3.63) is 68.5 Å². The quantitative estimate of drug-likeness (QED) is 0.797. The van der Waals surface area contributed by atoms with Crippen molar-refractivity contribution in [2.24, 2.45) is 0 Å². The number of aryl methyl sites for hydroxylation is 1. The number of rotatable bonds is 4. The molecule has 9 heteroatoms. The Labute approximate surface area is 145 Å². The number of hydrogen-bond acceptors (Lipinski definition) is 3. The minimum Gasteiger partial charge on any atom is -0.345 e. The maximum Gasteiger partial charge on any atom is 0.416 e. The topological polar surface area (TPSA) is 84.0 Å². The van der Waals surface area contributed by atoms with E-state index < -0.39 is 23.0 Å². The minimum atomic E-state index is -4.44. The number of nitrogens with one attached hydrogen (secondary N) is 2. The molecule has 2 aromatic rings. The van der Waals surface area contributed by atoms with Gasteiger partial charge in [-0.2, -0.15) is 13.2 Å². The molecule has 6 nitrogen and oxygen atoms in total. The van der Waals surface area contributed by atoms with E-state index in [0.29, 0.717) is 0 Å². The zero-order chi connectivity index (χ0) is 19.2. The Hall–Kier alpha value is -3.28. The lowest BCUT2D eigenvalue weighted by atomic mass is 10.1. The highest BCUT2D eigenvalue weighted by molar-refractivity contribution is 5.76. The summed E-state index contributed by atoms with van der Waals surface area (Å²) in [4.78, 5) is 36.1. The van der Waals surface area contributed by atoms with E-state index in [0.717, 1.165) is 12.1 Å². The van der Waals surface area contributed by atoms with E-state index >= 15 is 0 Å². The van der Waals surface area contributed by atoms with E-state index in [1.807, 2.05) is 0 Å². The SMILES string of the molecule is O=C(CCn1ccc(=O)[nH]c1=O)NCC#Cc1cccc(C(F)(F)F)c1. The summed E-state index contributed by atoms with van der Waals surface area (Å²) in [7, 11) is 0. The molecule has 0 radical (unpaired) electrons. The lowest BCUT2D eigenvalue weighted by Gasteiger charge is -2.06. The van der Waals surface area contributed by atoms with Crippen LogP contribution in [-0.4, -0.2) is 22.0 Å². The lowest BCUT2D eigenvalue weighted by Crippen LogP contribution is -2.31. The van der Waals surface area contributed by atoms with Gasteiger partial charge in [-0.05, 0) is 18.2 Å². The van der Waals surface area contributed by atoms with Crippen molar-refractivity contribution in [3.63, 3.8) is 0 Å². The van der Waals surface area contributed by atoms with Crippen molar-refractivity contribution in [1.29, 1.82) is 0 Å². The van der Waals surface area contributed by atoms with Crippen LogP contribution < -0.4 is 16.6 Å². The van der Waals surface area contributed by atoms with Crippen LogP contribution in [0.3, 0.4) is 0 Å². The van der Waals surface area contributed by atoms with E-state index in [-0.39, 0.29) is 31.0 Å². The maximum absolute atomic E-state index is 12.6. The molecular weight excluding hydrogens is 351 g/mol. The Morgan fingerprint density at radius 1 is 1.23 bits per heavy atom. The Bertz CT molecular complexity index is 965. The number of H-pyrrole nitrogens is 1. The second-order valence-electron chi connectivity index (χ2n) is 5.21. The lowest BCUT2D eigenvalue weighted by molar-refractivity contribution is -0.137. The molecule has 0 fully saturated rings. The molecule has 0 bridgehead atoms. The number of aromatic nitrogens is 2. The van der Waals surface area contributed by atoms with E-state index in [4.69, 9.17) is 0 Å². The summed E-state index contributed by atoms with van der Waals surface area (Å²) in [6.07, 6.45) is -3.18. The third kappa shape index (κ3) is 5.66. The zero-order valence-corrected chi connectivity index (χ0v) is 13.4. The molecule has 1 aromatic heterocycles. The third-order valence-electron chi connectivity index (χ3n) is 3.27. The normalized spacial score (nSPS) is 10.7. The molecule has 2 N–H and O–H groups in total. The van der Waals surface area contributed by atoms with Gasteiger partial charge in [-0.25, -0.2) is 4.79 Å². The largest absolute Gasteiger partial charge is 0.416 e. The van der Waals surface area contributed by atoms with Crippen molar-refractivity contribution < 1.29 is 18.0 Å². The monoisotopic (exact) mass is 365 g/mol. The average molecular weight is 365 g/mol. The molecule has 0 spiro atoms. The average Bonchev–Trinajstić information content (AvgIpc) is 2.57. The van der Waals surface area contributed by atoms with Crippen molar-refractivity contribution in [3.8, 4) is 11.8 Å². The molecule has 2 rings (SSSR count). The first-order chi connectivity index (χ1) is 12.3. The Kier molecular flexibility index (Phi) is 6.01. The smallest absolute Gasteiger partial charge is 0.345 e. The van der Waals surface area contributed by atoms with Gasteiger partial charge in [0.05, 0.1) is 12.1 Å². The Balaban J connectivity index is 1.85. The molecule has 0 atom stereocenters. The zero-order valence-electron chi connectivity index (χ0n) is 13.4. The number of carbonyl (C=O) groups is 1. The van der Waals surface area contributed by atoms with Gasteiger partial charge in [-0.1, -0.05) is 17.9 Å². The first-order valence-corrected chi connectivity index (χ1v) is 7.48. The van der Waals surface area contributed by atoms with E-state index in [1.54, 1.807) is 0 Å². The maximum atomic E-state index is 12.6. The number of aromatic amines is 1. The first kappa shape index (κ1) is 19.1. The second-order valence-corrected chi connectivity index (χ2v) is 5.21. The fourth-order valence-electron chi connectivity index (χ4n) is 1.99. The van der Waals surface area contributed by atoms with E-state index in [9.17, 15) is 27.6 Å². The molecule has 0 saturated heterocycles. The van der Waals surface area contributed by atoms with Gasteiger partial charge >= 0.3 is 11.9 Å². The van der Waals surface area contributed by atoms with Crippen LogP contribution in [0.4, 0.5) is 13.2 Å². The molecule has 0 aliphatic heterocycles. The molecule has 0 aliphatic carbocycles. The van der Waals surface area contributed by atoms with Gasteiger partial charge in [0.15, 0.2) is 0 Å². The van der Waals surface area contributed by atoms with Crippen LogP contribution in [0.15, 0.2) is 46.1 Å². The summed E-state index contributed by atoms with van der Waals surface area (Å²) in [6, 6.07) is 5.74. The fourth-order valence-corrected chi connectivity index (χ4v) is 1.99. The number of carbonyl (C=O) groups excluding carboxylic acids is 1. The van der Waals surface area contributed by atoms with Gasteiger partial charge in [0.2, 0.25) is 5.91 Å². The number of hydrogen-bond donors (Lipinski definition) is 2. The molecule has 0 aliphatic rings. The molecule has 0 saturated carbocycles. The summed E-state index contributed by atoms with van der Waals surface area (Å²) < 4.78 is 38.9. The van der Waals surface area contributed by atoms with Crippen molar-refractivity contribution in [2.75, 3.05) is 6.54 Å². The fraction of sp³-hybridized carbons (Fsp3) is 0.235. The number of alkyl halides is 3. The van der Waals surface area contributed by atoms with Crippen LogP contribution in [0.2, 0.25) is 0 Å². The van der Waals surface area contributed by atoms with Gasteiger partial charge in [0.1, 0.15) is 0 Å². The van der Waals surface area contributed by atoms with Gasteiger partial charge < -0.3 is 9.88 Å². The van der Waals surface area contributed by atoms with Crippen LogP contribution in [-0.2, 0) is 17.5 Å². The predicted octanol–water partition coefficient (Wildman–Crippen LogP) is 1.11. The van der Waals surface area contributed by atoms with Crippen molar-refractivity contribution in [1.82, 2.24) is 14.9 Å². The molecule has 1 heterocycles. The van der Waals surface area contributed by atoms with Crippen LogP contribution in [0.25, 0.3) is 0 Å². The van der Waals surface area contributed by atoms with E-state index in [1.165, 1.54) is 29.0 Å². The second kappa shape index (κ2) is 8.20. The van der Waals surface area contributed by atoms with Crippen LogP contribution >= 0.6 is 0 Å². The highest BCUT2D eigenvalue weighted by Gasteiger charge is 2.30. The minimum absolute atomic E-state index is 0.0167. The summed E-state index contributed by atoms with van der Waals surface area (Å²) in [5.41, 5.74) is -1.75. The van der Waals surface area contributed by atoms with Gasteiger partial charge in [-0.15, -0.1) is 0 Å². The summed E-state index contributed by atoms with van der Waals surface area (Å²) in [5.74, 6) is 4.72. The Morgan fingerprint density at radius 3 is 2.69 bits per heavy atom. The number of halogens is 3. The first-order valence-electron chi connectivity index (χ1n) is 7.48. The molecule has 1 aromatic carbocycles. The molecule has 0 unspecified atom stereocenters. The molecule has 26 heavy (non-hydrogen) atoms. The summed E-state index contributed by atoms with van der Waals surface area (Å²) in [5, 5.41) is 2.48.